The predicted molar refractivity (Wildman–Crippen MR) is 97.2 cm³/mol. The van der Waals surface area contributed by atoms with Gasteiger partial charge in [-0.3, -0.25) is 9.52 Å². The molecule has 0 saturated carbocycles. The fourth-order valence-corrected chi connectivity index (χ4v) is 4.53. The number of benzene rings is 1. The van der Waals surface area contributed by atoms with Gasteiger partial charge in [-0.1, -0.05) is 11.6 Å². The minimum atomic E-state index is -3.82. The first kappa shape index (κ1) is 19.4. The first-order chi connectivity index (χ1) is 11.8. The zero-order chi connectivity index (χ0) is 18.6. The van der Waals surface area contributed by atoms with Gasteiger partial charge in [0.05, 0.1) is 31.5 Å². The second kappa shape index (κ2) is 7.94. The van der Waals surface area contributed by atoms with Crippen LogP contribution < -0.4 is 19.5 Å². The van der Waals surface area contributed by atoms with Crippen molar-refractivity contribution in [3.8, 4) is 11.5 Å². The molecule has 1 heterocycles. The molecule has 0 fully saturated rings. The molecule has 0 atom stereocenters. The molecule has 0 radical (unpaired) electrons. The lowest BCUT2D eigenvalue weighted by molar-refractivity contribution is -0.119. The number of hydrogen-bond donors (Lipinski definition) is 2. The summed E-state index contributed by atoms with van der Waals surface area (Å²) in [6.07, 6.45) is 0. The number of hydrogen-bond acceptors (Lipinski definition) is 6. The fourth-order valence-electron chi connectivity index (χ4n) is 1.94. The number of halogens is 1. The van der Waals surface area contributed by atoms with Crippen LogP contribution in [0.4, 0.5) is 5.69 Å². The Bertz CT molecular complexity index is 880. The maximum Gasteiger partial charge on any atom is 0.271 e. The summed E-state index contributed by atoms with van der Waals surface area (Å²) in [5.41, 5.74) is 0.209. The Morgan fingerprint density at radius 3 is 2.48 bits per heavy atom. The van der Waals surface area contributed by atoms with Gasteiger partial charge in [-0.2, -0.15) is 0 Å². The van der Waals surface area contributed by atoms with Gasteiger partial charge in [0.15, 0.2) is 0 Å². The lowest BCUT2D eigenvalue weighted by Gasteiger charge is -2.13. The zero-order valence-corrected chi connectivity index (χ0v) is 16.1. The van der Waals surface area contributed by atoms with Crippen LogP contribution in [0.2, 0.25) is 5.02 Å². The highest BCUT2D eigenvalue weighted by Gasteiger charge is 2.20. The topological polar surface area (TPSA) is 93.7 Å². The highest BCUT2D eigenvalue weighted by molar-refractivity contribution is 7.94. The molecule has 1 aromatic carbocycles. The molecule has 0 aliphatic rings. The van der Waals surface area contributed by atoms with Crippen LogP contribution in [0.3, 0.4) is 0 Å². The Balaban J connectivity index is 2.28. The van der Waals surface area contributed by atoms with Crippen LogP contribution in [0.5, 0.6) is 11.5 Å². The second-order valence-corrected chi connectivity index (χ2v) is 8.41. The van der Waals surface area contributed by atoms with Crippen LogP contribution in [0.25, 0.3) is 0 Å². The van der Waals surface area contributed by atoms with Crippen molar-refractivity contribution in [1.29, 1.82) is 0 Å². The van der Waals surface area contributed by atoms with Crippen molar-refractivity contribution in [2.45, 2.75) is 17.7 Å². The molecule has 1 aromatic heterocycles. The predicted octanol–water partition coefficient (Wildman–Crippen LogP) is 2.86. The number of anilines is 1. The molecular weight excluding hydrogens is 388 g/mol. The molecule has 25 heavy (non-hydrogen) atoms. The van der Waals surface area contributed by atoms with E-state index >= 15 is 0 Å². The second-order valence-electron chi connectivity index (χ2n) is 4.92. The standard InChI is InChI=1S/C15H17ClN2O5S2/c1-9(19)17-8-10-4-5-15(24-10)25(20,21)18-12-7-13(22-2)11(16)6-14(12)23-3/h4-7,18H,8H2,1-3H3,(H,17,19). The van der Waals surface area contributed by atoms with Gasteiger partial charge in [0.2, 0.25) is 5.91 Å². The third-order valence-electron chi connectivity index (χ3n) is 3.13. The molecule has 10 heteroatoms. The highest BCUT2D eigenvalue weighted by atomic mass is 35.5. The van der Waals surface area contributed by atoms with Crippen molar-refractivity contribution in [2.24, 2.45) is 0 Å². The smallest absolute Gasteiger partial charge is 0.271 e. The Hall–Kier alpha value is -1.97. The van der Waals surface area contributed by atoms with Crippen LogP contribution >= 0.6 is 22.9 Å². The minimum Gasteiger partial charge on any atom is -0.495 e. The van der Waals surface area contributed by atoms with Crippen LogP contribution in [-0.2, 0) is 21.4 Å². The summed E-state index contributed by atoms with van der Waals surface area (Å²) < 4.78 is 38.0. The van der Waals surface area contributed by atoms with E-state index in [1.165, 1.54) is 39.3 Å². The first-order valence-electron chi connectivity index (χ1n) is 7.04. The molecule has 0 aliphatic heterocycles. The van der Waals surface area contributed by atoms with E-state index in [9.17, 15) is 13.2 Å². The third kappa shape index (κ3) is 4.77. The van der Waals surface area contributed by atoms with E-state index in [2.05, 4.69) is 10.0 Å². The Labute approximate surface area is 155 Å². The average molecular weight is 405 g/mol. The van der Waals surface area contributed by atoms with E-state index in [1.807, 2.05) is 0 Å². The summed E-state index contributed by atoms with van der Waals surface area (Å²) in [7, 11) is -0.985. The zero-order valence-electron chi connectivity index (χ0n) is 13.8. The van der Waals surface area contributed by atoms with Gasteiger partial charge < -0.3 is 14.8 Å². The molecule has 0 saturated heterocycles. The van der Waals surface area contributed by atoms with E-state index in [0.717, 1.165) is 16.2 Å². The van der Waals surface area contributed by atoms with Gasteiger partial charge in [0.1, 0.15) is 15.7 Å². The number of carbonyl (C=O) groups is 1. The molecule has 0 spiro atoms. The number of carbonyl (C=O) groups excluding carboxylic acids is 1. The molecule has 0 aliphatic carbocycles. The van der Waals surface area contributed by atoms with Crippen molar-refractivity contribution in [1.82, 2.24) is 5.32 Å². The summed E-state index contributed by atoms with van der Waals surface area (Å²) >= 11 is 7.08. The lowest BCUT2D eigenvalue weighted by atomic mass is 10.3. The van der Waals surface area contributed by atoms with E-state index in [1.54, 1.807) is 6.07 Å². The summed E-state index contributed by atoms with van der Waals surface area (Å²) in [5, 5.41) is 2.92. The molecule has 136 valence electrons. The van der Waals surface area contributed by atoms with E-state index in [4.69, 9.17) is 21.1 Å². The van der Waals surface area contributed by atoms with Gasteiger partial charge in [0.25, 0.3) is 10.0 Å². The minimum absolute atomic E-state index is 0.115. The number of thiophene rings is 1. The van der Waals surface area contributed by atoms with E-state index in [-0.39, 0.29) is 28.1 Å². The molecule has 0 unspecified atom stereocenters. The number of methoxy groups -OCH3 is 2. The molecule has 0 bridgehead atoms. The van der Waals surface area contributed by atoms with Gasteiger partial charge in [-0.15, -0.1) is 11.3 Å². The average Bonchev–Trinajstić information content (AvgIpc) is 3.04. The number of rotatable bonds is 7. The fraction of sp³-hybridized carbons (Fsp3) is 0.267. The van der Waals surface area contributed by atoms with Crippen LogP contribution in [0.15, 0.2) is 28.5 Å². The Morgan fingerprint density at radius 1 is 1.20 bits per heavy atom. The van der Waals surface area contributed by atoms with Gasteiger partial charge in [-0.05, 0) is 12.1 Å². The number of nitrogens with one attached hydrogen (secondary N) is 2. The summed E-state index contributed by atoms with van der Waals surface area (Å²) in [5.74, 6) is 0.399. The van der Waals surface area contributed by atoms with Crippen molar-refractivity contribution in [3.05, 3.63) is 34.2 Å². The summed E-state index contributed by atoms with van der Waals surface area (Å²) in [6.45, 7) is 1.67. The largest absolute Gasteiger partial charge is 0.495 e. The Kier molecular flexibility index (Phi) is 6.15. The monoisotopic (exact) mass is 404 g/mol. The number of ether oxygens (including phenoxy) is 2. The summed E-state index contributed by atoms with van der Waals surface area (Å²) in [6, 6.07) is 6.04. The van der Waals surface area contributed by atoms with Crippen molar-refractivity contribution < 1.29 is 22.7 Å². The lowest BCUT2D eigenvalue weighted by Crippen LogP contribution is -2.18. The van der Waals surface area contributed by atoms with E-state index in [0.29, 0.717) is 10.8 Å². The normalized spacial score (nSPS) is 11.0. The maximum atomic E-state index is 12.6. The highest BCUT2D eigenvalue weighted by Crippen LogP contribution is 2.37. The van der Waals surface area contributed by atoms with Gasteiger partial charge in [0, 0.05) is 23.9 Å². The first-order valence-corrected chi connectivity index (χ1v) is 9.72. The molecular formula is C15H17ClN2O5S2. The van der Waals surface area contributed by atoms with Crippen LogP contribution in [0.1, 0.15) is 11.8 Å². The quantitative estimate of drug-likeness (QED) is 0.740. The maximum absolute atomic E-state index is 12.6. The number of sulfonamides is 1. The molecule has 1 amide bonds. The van der Waals surface area contributed by atoms with Gasteiger partial charge >= 0.3 is 0 Å². The number of amides is 1. The van der Waals surface area contributed by atoms with Crippen LogP contribution in [-0.4, -0.2) is 28.5 Å². The van der Waals surface area contributed by atoms with Crippen molar-refractivity contribution >= 4 is 44.6 Å². The SMILES string of the molecule is COc1cc(NS(=O)(=O)c2ccc(CNC(C)=O)s2)c(OC)cc1Cl. The molecule has 2 N–H and O–H groups in total. The van der Waals surface area contributed by atoms with Crippen molar-refractivity contribution in [2.75, 3.05) is 18.9 Å². The third-order valence-corrected chi connectivity index (χ3v) is 6.37. The van der Waals surface area contributed by atoms with Crippen LogP contribution in [0, 0.1) is 0 Å². The van der Waals surface area contributed by atoms with Gasteiger partial charge in [-0.25, -0.2) is 8.42 Å². The Morgan fingerprint density at radius 2 is 1.88 bits per heavy atom. The molecule has 2 aromatic rings. The van der Waals surface area contributed by atoms with E-state index < -0.39 is 10.0 Å². The van der Waals surface area contributed by atoms with Crippen molar-refractivity contribution in [3.63, 3.8) is 0 Å². The summed E-state index contributed by atoms with van der Waals surface area (Å²) in [4.78, 5) is 11.7. The molecule has 2 rings (SSSR count). The molecule has 7 nitrogen and oxygen atoms in total.